The average molecular weight is 658 g/mol. The van der Waals surface area contributed by atoms with E-state index in [1.54, 1.807) is 40.6 Å². The maximum atomic E-state index is 14.5. The molecule has 1 atom stereocenters. The summed E-state index contributed by atoms with van der Waals surface area (Å²) in [6.45, 7) is 9.46. The van der Waals surface area contributed by atoms with Gasteiger partial charge in [-0.25, -0.2) is 4.98 Å². The Bertz CT molecular complexity index is 1810. The van der Waals surface area contributed by atoms with Gasteiger partial charge in [-0.1, -0.05) is 17.2 Å². The summed E-state index contributed by atoms with van der Waals surface area (Å²) in [5, 5.41) is 5.63. The fraction of sp³-hybridized carbons (Fsp3) is 0.312. The number of halogens is 4. The van der Waals surface area contributed by atoms with Crippen molar-refractivity contribution < 1.29 is 22.7 Å². The Morgan fingerprint density at radius 2 is 2.00 bits per heavy atom. The summed E-state index contributed by atoms with van der Waals surface area (Å²) in [6, 6.07) is 8.75. The summed E-state index contributed by atoms with van der Waals surface area (Å²) in [5.41, 5.74) is 1.22. The highest BCUT2D eigenvalue weighted by Gasteiger charge is 2.32. The number of alkyl halides is 3. The third-order valence-electron chi connectivity index (χ3n) is 7.10. The summed E-state index contributed by atoms with van der Waals surface area (Å²) in [6.07, 6.45) is -1.70. The lowest BCUT2D eigenvalue weighted by Gasteiger charge is -2.32. The van der Waals surface area contributed by atoms with E-state index in [2.05, 4.69) is 15.3 Å². The molecule has 1 aromatic carbocycles. The second-order valence-electron chi connectivity index (χ2n) is 10.8. The molecular weight excluding hydrogens is 627 g/mol. The first-order valence-electron chi connectivity index (χ1n) is 14.3. The van der Waals surface area contributed by atoms with E-state index in [-0.39, 0.29) is 28.1 Å². The minimum absolute atomic E-state index is 0.0799. The van der Waals surface area contributed by atoms with Gasteiger partial charge in [0, 0.05) is 47.8 Å². The van der Waals surface area contributed by atoms with E-state index in [0.717, 1.165) is 29.2 Å². The molecule has 0 saturated carbocycles. The number of nitrogens with one attached hydrogen (secondary N) is 1. The summed E-state index contributed by atoms with van der Waals surface area (Å²) >= 11 is 7.57. The number of carbonyl (C=O) groups excluding carboxylic acids is 1. The minimum Gasteiger partial charge on any atom is -0.492 e. The molecule has 5 rings (SSSR count). The van der Waals surface area contributed by atoms with Crippen molar-refractivity contribution in [2.45, 2.75) is 39.9 Å². The van der Waals surface area contributed by atoms with E-state index in [1.807, 2.05) is 27.7 Å². The van der Waals surface area contributed by atoms with Gasteiger partial charge in [0.25, 0.3) is 11.5 Å². The standard InChI is InChI=1S/C32H31ClF3N5O3S/c1-5-44-27-8-7-21(33)13-26(27)41-25(12-18(2)3)22(30(42)40-11-10-37-19(4)16-40)14-23(31(41)43)29-39-24(17-45-29)20-6-9-28(38-15-20)32(34,35)36/h6-9,12-15,17,19,37H,5,10-11,16H2,1-4H3/t19-/m0/s1. The number of pyridine rings is 2. The lowest BCUT2D eigenvalue weighted by atomic mass is 10.0. The minimum atomic E-state index is -4.57. The highest BCUT2D eigenvalue weighted by atomic mass is 35.5. The number of benzene rings is 1. The van der Waals surface area contributed by atoms with Crippen molar-refractivity contribution in [2.24, 2.45) is 0 Å². The molecule has 1 aliphatic rings. The van der Waals surface area contributed by atoms with E-state index in [9.17, 15) is 22.8 Å². The van der Waals surface area contributed by atoms with Crippen LogP contribution in [0.3, 0.4) is 0 Å². The van der Waals surface area contributed by atoms with Crippen molar-refractivity contribution >= 4 is 34.9 Å². The third-order valence-corrected chi connectivity index (χ3v) is 8.21. The summed E-state index contributed by atoms with van der Waals surface area (Å²) in [7, 11) is 0. The van der Waals surface area contributed by atoms with Crippen LogP contribution >= 0.6 is 22.9 Å². The molecule has 0 radical (unpaired) electrons. The lowest BCUT2D eigenvalue weighted by molar-refractivity contribution is -0.141. The van der Waals surface area contributed by atoms with E-state index in [0.29, 0.717) is 59.7 Å². The SMILES string of the molecule is CCOc1ccc(Cl)cc1-n1c(C=C(C)C)c(C(=O)N2CCN[C@@H](C)C2)cc(-c2nc(-c3ccc(C(F)(F)F)nc3)cs2)c1=O. The molecule has 4 aromatic rings. The molecular formula is C32H31ClF3N5O3S. The van der Waals surface area contributed by atoms with Crippen LogP contribution in [0.2, 0.25) is 5.02 Å². The quantitative estimate of drug-likeness (QED) is 0.231. The molecule has 0 spiro atoms. The molecule has 1 aliphatic heterocycles. The molecule has 4 heterocycles. The van der Waals surface area contributed by atoms with Gasteiger partial charge in [0.1, 0.15) is 16.5 Å². The largest absolute Gasteiger partial charge is 0.492 e. The van der Waals surface area contributed by atoms with E-state index in [1.165, 1.54) is 10.6 Å². The maximum Gasteiger partial charge on any atom is 0.433 e. The lowest BCUT2D eigenvalue weighted by Crippen LogP contribution is -2.51. The number of nitrogens with zero attached hydrogens (tertiary/aromatic N) is 4. The van der Waals surface area contributed by atoms with Gasteiger partial charge in [-0.3, -0.25) is 19.1 Å². The van der Waals surface area contributed by atoms with Crippen LogP contribution in [0.5, 0.6) is 5.75 Å². The van der Waals surface area contributed by atoms with Crippen LogP contribution < -0.4 is 15.6 Å². The molecule has 1 N–H and O–H groups in total. The van der Waals surface area contributed by atoms with E-state index >= 15 is 0 Å². The van der Waals surface area contributed by atoms with Crippen LogP contribution in [-0.2, 0) is 6.18 Å². The molecule has 1 saturated heterocycles. The second-order valence-corrected chi connectivity index (χ2v) is 12.1. The summed E-state index contributed by atoms with van der Waals surface area (Å²) < 4.78 is 46.5. The Morgan fingerprint density at radius 3 is 2.64 bits per heavy atom. The van der Waals surface area contributed by atoms with Crippen molar-refractivity contribution in [1.29, 1.82) is 0 Å². The fourth-order valence-corrected chi connectivity index (χ4v) is 6.09. The van der Waals surface area contributed by atoms with Crippen LogP contribution in [0.1, 0.15) is 49.4 Å². The molecule has 1 amide bonds. The van der Waals surface area contributed by atoms with Crippen LogP contribution in [-0.4, -0.2) is 57.6 Å². The molecule has 0 aliphatic carbocycles. The maximum absolute atomic E-state index is 14.5. The molecule has 0 bridgehead atoms. The van der Waals surface area contributed by atoms with Crippen LogP contribution in [0, 0.1) is 0 Å². The molecule has 13 heteroatoms. The number of rotatable bonds is 7. The monoisotopic (exact) mass is 657 g/mol. The normalized spacial score (nSPS) is 15.2. The van der Waals surface area contributed by atoms with Crippen molar-refractivity contribution in [3.8, 4) is 33.3 Å². The van der Waals surface area contributed by atoms with Gasteiger partial charge in [-0.15, -0.1) is 11.3 Å². The van der Waals surface area contributed by atoms with Crippen LogP contribution in [0.15, 0.2) is 58.3 Å². The van der Waals surface area contributed by atoms with Gasteiger partial charge >= 0.3 is 6.18 Å². The van der Waals surface area contributed by atoms with Crippen molar-refractivity contribution in [3.05, 3.63) is 85.9 Å². The zero-order valence-corrected chi connectivity index (χ0v) is 26.6. The van der Waals surface area contributed by atoms with Gasteiger partial charge in [-0.2, -0.15) is 13.2 Å². The Kier molecular flexibility index (Phi) is 9.47. The average Bonchev–Trinajstić information content (AvgIpc) is 3.48. The van der Waals surface area contributed by atoms with E-state index in [4.69, 9.17) is 16.3 Å². The number of thiazole rings is 1. The van der Waals surface area contributed by atoms with Gasteiger partial charge in [0.05, 0.1) is 34.8 Å². The summed E-state index contributed by atoms with van der Waals surface area (Å²) in [4.78, 5) is 38.6. The topological polar surface area (TPSA) is 89.3 Å². The first-order chi connectivity index (χ1) is 21.4. The Hall–Kier alpha value is -4.00. The number of piperazine rings is 1. The van der Waals surface area contributed by atoms with Crippen LogP contribution in [0.25, 0.3) is 33.6 Å². The highest BCUT2D eigenvalue weighted by molar-refractivity contribution is 7.13. The van der Waals surface area contributed by atoms with E-state index < -0.39 is 17.4 Å². The Morgan fingerprint density at radius 1 is 1.22 bits per heavy atom. The fourth-order valence-electron chi connectivity index (χ4n) is 5.08. The molecule has 45 heavy (non-hydrogen) atoms. The Labute approximate surface area is 267 Å². The Balaban J connectivity index is 1.75. The number of hydrogen-bond acceptors (Lipinski definition) is 7. The van der Waals surface area contributed by atoms with Gasteiger partial charge in [0.2, 0.25) is 0 Å². The van der Waals surface area contributed by atoms with Gasteiger partial charge in [0.15, 0.2) is 0 Å². The smallest absolute Gasteiger partial charge is 0.433 e. The van der Waals surface area contributed by atoms with Crippen molar-refractivity contribution in [2.75, 3.05) is 26.2 Å². The number of ether oxygens (including phenoxy) is 1. The zero-order valence-electron chi connectivity index (χ0n) is 25.0. The van der Waals surface area contributed by atoms with Crippen molar-refractivity contribution in [1.82, 2.24) is 24.8 Å². The molecule has 8 nitrogen and oxygen atoms in total. The molecule has 0 unspecified atom stereocenters. The van der Waals surface area contributed by atoms with Crippen molar-refractivity contribution in [3.63, 3.8) is 0 Å². The molecule has 236 valence electrons. The number of amides is 1. The number of aromatic nitrogens is 3. The number of allylic oxidation sites excluding steroid dienone is 1. The highest BCUT2D eigenvalue weighted by Crippen LogP contribution is 2.34. The number of hydrogen-bond donors (Lipinski definition) is 1. The molecule has 3 aromatic heterocycles. The molecule has 1 fully saturated rings. The summed E-state index contributed by atoms with van der Waals surface area (Å²) in [5.74, 6) is 0.143. The predicted molar refractivity (Wildman–Crippen MR) is 170 cm³/mol. The van der Waals surface area contributed by atoms with Gasteiger partial charge < -0.3 is 15.0 Å². The third kappa shape index (κ3) is 6.98. The number of carbonyl (C=O) groups is 1. The predicted octanol–water partition coefficient (Wildman–Crippen LogP) is 6.95. The second kappa shape index (κ2) is 13.2. The van der Waals surface area contributed by atoms with Crippen LogP contribution in [0.4, 0.5) is 13.2 Å². The first kappa shape index (κ1) is 32.4. The first-order valence-corrected chi connectivity index (χ1v) is 15.5. The van der Waals surface area contributed by atoms with Gasteiger partial charge in [-0.05, 0) is 70.2 Å². The zero-order chi connectivity index (χ0) is 32.5.